The fraction of sp³-hybridized carbons (Fsp3) is 0.579. The van der Waals surface area contributed by atoms with Crippen LogP contribution in [0.15, 0.2) is 30.3 Å². The Hall–Kier alpha value is -1.62. The summed E-state index contributed by atoms with van der Waals surface area (Å²) >= 11 is 5.17. The van der Waals surface area contributed by atoms with Gasteiger partial charge in [0.1, 0.15) is 0 Å². The van der Waals surface area contributed by atoms with Crippen molar-refractivity contribution < 1.29 is 4.79 Å². The van der Waals surface area contributed by atoms with Crippen molar-refractivity contribution in [3.63, 3.8) is 0 Å². The normalized spacial score (nSPS) is 33.2. The van der Waals surface area contributed by atoms with Gasteiger partial charge in [-0.05, 0) is 74.1 Å². The predicted molar refractivity (Wildman–Crippen MR) is 97.5 cm³/mol. The minimum absolute atomic E-state index is 0.130. The number of amides is 1. The van der Waals surface area contributed by atoms with Crippen LogP contribution in [0.4, 0.5) is 0 Å². The molecule has 4 nitrogen and oxygen atoms in total. The first-order valence-electron chi connectivity index (χ1n) is 8.96. The van der Waals surface area contributed by atoms with Crippen molar-refractivity contribution in [1.29, 1.82) is 0 Å². The molecular weight excluding hydrogens is 318 g/mol. The van der Waals surface area contributed by atoms with Crippen LogP contribution in [0.5, 0.6) is 0 Å². The van der Waals surface area contributed by atoms with Gasteiger partial charge in [-0.3, -0.25) is 15.2 Å². The zero-order valence-corrected chi connectivity index (χ0v) is 14.7. The van der Waals surface area contributed by atoms with E-state index in [4.69, 9.17) is 18.0 Å². The number of nitrogens with two attached hydrogens (primary N) is 1. The highest BCUT2D eigenvalue weighted by atomic mass is 32.1. The molecule has 4 saturated carbocycles. The average molecular weight is 343 g/mol. The third-order valence-electron chi connectivity index (χ3n) is 6.21. The summed E-state index contributed by atoms with van der Waals surface area (Å²) < 4.78 is 0. The van der Waals surface area contributed by atoms with Crippen molar-refractivity contribution in [1.82, 2.24) is 10.4 Å². The van der Waals surface area contributed by atoms with Crippen LogP contribution in [0.2, 0.25) is 0 Å². The van der Waals surface area contributed by atoms with Gasteiger partial charge < -0.3 is 5.73 Å². The largest absolute Gasteiger partial charge is 0.375 e. The monoisotopic (exact) mass is 343 g/mol. The maximum atomic E-state index is 13.1. The van der Waals surface area contributed by atoms with Crippen molar-refractivity contribution in [3.8, 4) is 0 Å². The van der Waals surface area contributed by atoms with Gasteiger partial charge in [0.2, 0.25) is 5.91 Å². The maximum Gasteiger partial charge on any atom is 0.244 e. The van der Waals surface area contributed by atoms with E-state index >= 15 is 0 Å². The number of hydrogen-bond acceptors (Lipinski definition) is 2. The molecule has 1 amide bonds. The van der Waals surface area contributed by atoms with E-state index in [1.807, 2.05) is 30.3 Å². The number of hydrogen-bond donors (Lipinski definition) is 2. The first-order valence-corrected chi connectivity index (χ1v) is 9.37. The lowest BCUT2D eigenvalue weighted by Crippen LogP contribution is -2.58. The number of carbonyl (C=O) groups excluding carboxylic acids is 1. The second-order valence-electron chi connectivity index (χ2n) is 8.05. The van der Waals surface area contributed by atoms with Crippen molar-refractivity contribution in [3.05, 3.63) is 35.9 Å². The molecule has 128 valence electrons. The Labute approximate surface area is 148 Å². The Morgan fingerprint density at radius 3 is 2.17 bits per heavy atom. The van der Waals surface area contributed by atoms with E-state index in [1.165, 1.54) is 19.3 Å². The van der Waals surface area contributed by atoms with Gasteiger partial charge in [0.05, 0.1) is 12.0 Å². The number of nitrogens with zero attached hydrogens (tertiary/aromatic N) is 1. The van der Waals surface area contributed by atoms with Crippen LogP contribution >= 0.6 is 12.2 Å². The molecule has 0 radical (unpaired) electrons. The maximum absolute atomic E-state index is 13.1. The molecule has 4 aliphatic carbocycles. The number of benzene rings is 1. The summed E-state index contributed by atoms with van der Waals surface area (Å²) in [7, 11) is 0. The molecule has 24 heavy (non-hydrogen) atoms. The first-order chi connectivity index (χ1) is 11.5. The van der Waals surface area contributed by atoms with E-state index in [1.54, 1.807) is 5.01 Å². The zero-order valence-electron chi connectivity index (χ0n) is 13.9. The molecule has 0 unspecified atom stereocenters. The van der Waals surface area contributed by atoms with Crippen LogP contribution in [0.1, 0.15) is 44.1 Å². The molecule has 0 aliphatic heterocycles. The number of rotatable bonds is 3. The van der Waals surface area contributed by atoms with Crippen LogP contribution in [0.3, 0.4) is 0 Å². The fourth-order valence-electron chi connectivity index (χ4n) is 5.57. The molecule has 0 aromatic heterocycles. The first kappa shape index (κ1) is 15.9. The molecule has 5 rings (SSSR count). The van der Waals surface area contributed by atoms with Gasteiger partial charge in [-0.25, -0.2) is 0 Å². The highest BCUT2D eigenvalue weighted by Gasteiger charge is 2.54. The SMILES string of the molecule is NC(=S)N(Cc1ccccc1)NC(=O)C12CC3CC(CC(C3)C1)C2. The fourth-order valence-corrected chi connectivity index (χ4v) is 5.68. The summed E-state index contributed by atoms with van der Waals surface area (Å²) in [5, 5.41) is 1.85. The lowest BCUT2D eigenvalue weighted by atomic mass is 9.49. The molecule has 5 heteroatoms. The van der Waals surface area contributed by atoms with Crippen molar-refractivity contribution >= 4 is 23.2 Å². The minimum Gasteiger partial charge on any atom is -0.375 e. The number of hydrazine groups is 1. The standard InChI is InChI=1S/C19H25N3OS/c20-18(24)22(12-13-4-2-1-3-5-13)21-17(23)19-9-14-6-15(10-19)8-16(7-14)11-19/h1-5,14-16H,6-12H2,(H2,20,24)(H,21,23). The van der Waals surface area contributed by atoms with E-state index in [0.717, 1.165) is 42.6 Å². The second-order valence-corrected chi connectivity index (χ2v) is 8.47. The van der Waals surface area contributed by atoms with E-state index in [9.17, 15) is 4.79 Å². The van der Waals surface area contributed by atoms with Crippen molar-refractivity contribution in [2.75, 3.05) is 0 Å². The molecular formula is C19H25N3OS. The molecule has 4 bridgehead atoms. The second kappa shape index (κ2) is 6.03. The van der Waals surface area contributed by atoms with Crippen LogP contribution in [-0.4, -0.2) is 16.0 Å². The van der Waals surface area contributed by atoms with Gasteiger partial charge in [-0.2, -0.15) is 0 Å². The summed E-state index contributed by atoms with van der Waals surface area (Å²) in [6, 6.07) is 9.97. The van der Waals surface area contributed by atoms with E-state index in [0.29, 0.717) is 6.54 Å². The molecule has 0 spiro atoms. The van der Waals surface area contributed by atoms with Crippen molar-refractivity contribution in [2.45, 2.75) is 45.1 Å². The minimum atomic E-state index is -0.186. The van der Waals surface area contributed by atoms with E-state index in [-0.39, 0.29) is 16.4 Å². The van der Waals surface area contributed by atoms with Crippen LogP contribution in [0, 0.1) is 23.2 Å². The Bertz CT molecular complexity index is 610. The smallest absolute Gasteiger partial charge is 0.244 e. The van der Waals surface area contributed by atoms with Gasteiger partial charge in [0.15, 0.2) is 5.11 Å². The quantitative estimate of drug-likeness (QED) is 0.654. The van der Waals surface area contributed by atoms with Crippen LogP contribution in [0.25, 0.3) is 0 Å². The molecule has 1 aromatic carbocycles. The van der Waals surface area contributed by atoms with Crippen LogP contribution in [-0.2, 0) is 11.3 Å². The van der Waals surface area contributed by atoms with E-state index < -0.39 is 0 Å². The van der Waals surface area contributed by atoms with Crippen molar-refractivity contribution in [2.24, 2.45) is 28.9 Å². The lowest BCUT2D eigenvalue weighted by molar-refractivity contribution is -0.150. The summed E-state index contributed by atoms with van der Waals surface area (Å²) in [5.74, 6) is 2.36. The molecule has 4 fully saturated rings. The lowest BCUT2D eigenvalue weighted by Gasteiger charge is -2.55. The molecule has 0 heterocycles. The number of nitrogens with one attached hydrogen (secondary N) is 1. The predicted octanol–water partition coefficient (Wildman–Crippen LogP) is 2.98. The topological polar surface area (TPSA) is 58.4 Å². The number of thiocarbonyl (C=S) groups is 1. The third kappa shape index (κ3) is 2.90. The summed E-state index contributed by atoms with van der Waals surface area (Å²) in [5.41, 5.74) is 9.81. The van der Waals surface area contributed by atoms with Gasteiger partial charge >= 0.3 is 0 Å². The summed E-state index contributed by atoms with van der Waals surface area (Å²) in [4.78, 5) is 13.1. The Morgan fingerprint density at radius 1 is 1.12 bits per heavy atom. The summed E-state index contributed by atoms with van der Waals surface area (Å²) in [6.45, 7) is 0.508. The van der Waals surface area contributed by atoms with Gasteiger partial charge in [-0.15, -0.1) is 0 Å². The summed E-state index contributed by atoms with van der Waals surface area (Å²) in [6.07, 6.45) is 7.12. The molecule has 1 aromatic rings. The molecule has 0 saturated heterocycles. The molecule has 3 N–H and O–H groups in total. The molecule has 4 aliphatic rings. The number of carbonyl (C=O) groups is 1. The Kier molecular flexibility index (Phi) is 3.99. The Morgan fingerprint density at radius 2 is 1.67 bits per heavy atom. The Balaban J connectivity index is 1.48. The van der Waals surface area contributed by atoms with E-state index in [2.05, 4.69) is 5.43 Å². The third-order valence-corrected chi connectivity index (χ3v) is 6.43. The zero-order chi connectivity index (χ0) is 16.7. The molecule has 0 atom stereocenters. The highest BCUT2D eigenvalue weighted by Crippen LogP contribution is 2.60. The average Bonchev–Trinajstić information content (AvgIpc) is 2.53. The van der Waals surface area contributed by atoms with Gasteiger partial charge in [-0.1, -0.05) is 30.3 Å². The van der Waals surface area contributed by atoms with Gasteiger partial charge in [0, 0.05) is 0 Å². The van der Waals surface area contributed by atoms with Crippen LogP contribution < -0.4 is 11.2 Å². The highest BCUT2D eigenvalue weighted by molar-refractivity contribution is 7.80. The van der Waals surface area contributed by atoms with Gasteiger partial charge in [0.25, 0.3) is 0 Å².